The van der Waals surface area contributed by atoms with Crippen LogP contribution in [0.5, 0.6) is 0 Å². The molecular weight excluding hydrogens is 172 g/mol. The van der Waals surface area contributed by atoms with Crippen molar-refractivity contribution in [2.75, 3.05) is 0 Å². The van der Waals surface area contributed by atoms with Crippen LogP contribution in [0.25, 0.3) is 0 Å². The van der Waals surface area contributed by atoms with Gasteiger partial charge < -0.3 is 11.0 Å². The van der Waals surface area contributed by atoms with Crippen molar-refractivity contribution in [3.63, 3.8) is 0 Å². The summed E-state index contributed by atoms with van der Waals surface area (Å²) in [7, 11) is 0. The molecule has 1 rings (SSSR count). The summed E-state index contributed by atoms with van der Waals surface area (Å²) < 4.78 is 0. The van der Waals surface area contributed by atoms with Gasteiger partial charge in [0.25, 0.3) is 0 Å². The van der Waals surface area contributed by atoms with Crippen molar-refractivity contribution in [1.29, 1.82) is 0 Å². The topological polar surface area (TPSA) is 97.1 Å². The van der Waals surface area contributed by atoms with Crippen LogP contribution in [0.4, 0.5) is 0 Å². The fourth-order valence-corrected chi connectivity index (χ4v) is 1.49. The number of Topliss-reactive ketones (excluding diaryl/α,β-unsaturated/α-hetero) is 2. The van der Waals surface area contributed by atoms with Crippen LogP contribution in [0.1, 0.15) is 33.1 Å². The minimum absolute atomic E-state index is 0. The molecule has 4 N–H and O–H groups in total. The van der Waals surface area contributed by atoms with E-state index >= 15 is 0 Å². The number of carbonyl (C=O) groups excluding carboxylic acids is 2. The first-order valence-electron chi connectivity index (χ1n) is 4.13. The van der Waals surface area contributed by atoms with E-state index in [-0.39, 0.29) is 28.9 Å². The molecule has 0 saturated heterocycles. The zero-order valence-corrected chi connectivity index (χ0v) is 8.09. The van der Waals surface area contributed by atoms with Gasteiger partial charge >= 0.3 is 0 Å². The van der Waals surface area contributed by atoms with Crippen molar-refractivity contribution in [1.82, 2.24) is 0 Å². The lowest BCUT2D eigenvalue weighted by atomic mass is 9.80. The summed E-state index contributed by atoms with van der Waals surface area (Å²) in [5.41, 5.74) is 0. The van der Waals surface area contributed by atoms with Gasteiger partial charge in [0.2, 0.25) is 0 Å². The van der Waals surface area contributed by atoms with Crippen molar-refractivity contribution in [3.8, 4) is 0 Å². The van der Waals surface area contributed by atoms with E-state index in [0.29, 0.717) is 24.7 Å². The van der Waals surface area contributed by atoms with Crippen molar-refractivity contribution in [3.05, 3.63) is 0 Å². The molecule has 78 valence electrons. The average Bonchev–Trinajstić information content (AvgIpc) is 1.85. The first kappa shape index (κ1) is 14.8. The normalized spacial score (nSPS) is 18.1. The second-order valence-corrected chi connectivity index (χ2v) is 3.67. The Morgan fingerprint density at radius 1 is 1.08 bits per heavy atom. The van der Waals surface area contributed by atoms with Crippen LogP contribution in [0.2, 0.25) is 0 Å². The van der Waals surface area contributed by atoms with E-state index < -0.39 is 0 Å². The molecule has 0 aromatic rings. The Morgan fingerprint density at radius 3 is 1.77 bits per heavy atom. The second kappa shape index (κ2) is 5.83. The molecule has 1 fully saturated rings. The summed E-state index contributed by atoms with van der Waals surface area (Å²) in [6.07, 6.45) is 1.41. The van der Waals surface area contributed by atoms with Crippen molar-refractivity contribution in [2.45, 2.75) is 33.1 Å². The Kier molecular flexibility index (Phi) is 6.62. The molecule has 1 aliphatic carbocycles. The molecule has 0 atom stereocenters. The Balaban J connectivity index is 0. The standard InChI is InChI=1S/C9H14O2.2H2O/c1-6(2)7-3-8(10)5-9(11)4-7;;/h6-7H,3-5H2,1-2H3;2*1H2. The van der Waals surface area contributed by atoms with E-state index in [0.717, 1.165) is 0 Å². The molecular formula is C9H18O4. The van der Waals surface area contributed by atoms with Crippen LogP contribution in [0, 0.1) is 11.8 Å². The highest BCUT2D eigenvalue weighted by molar-refractivity contribution is 6.01. The number of rotatable bonds is 1. The quantitative estimate of drug-likeness (QED) is 0.541. The van der Waals surface area contributed by atoms with Gasteiger partial charge in [-0.3, -0.25) is 9.59 Å². The summed E-state index contributed by atoms with van der Waals surface area (Å²) in [6, 6.07) is 0. The van der Waals surface area contributed by atoms with Crippen molar-refractivity contribution >= 4 is 11.6 Å². The zero-order valence-electron chi connectivity index (χ0n) is 8.09. The monoisotopic (exact) mass is 190 g/mol. The lowest BCUT2D eigenvalue weighted by Gasteiger charge is -2.22. The molecule has 1 aliphatic rings. The van der Waals surface area contributed by atoms with E-state index in [1.807, 2.05) is 0 Å². The van der Waals surface area contributed by atoms with Gasteiger partial charge in [-0.05, 0) is 11.8 Å². The first-order chi connectivity index (χ1) is 5.09. The van der Waals surface area contributed by atoms with E-state index in [4.69, 9.17) is 0 Å². The minimum Gasteiger partial charge on any atom is -0.412 e. The molecule has 0 aliphatic heterocycles. The molecule has 13 heavy (non-hydrogen) atoms. The number of ketones is 2. The summed E-state index contributed by atoms with van der Waals surface area (Å²) in [5, 5.41) is 0. The molecule has 0 aromatic heterocycles. The molecule has 0 aromatic carbocycles. The maximum atomic E-state index is 11.0. The lowest BCUT2D eigenvalue weighted by Crippen LogP contribution is -2.25. The minimum atomic E-state index is 0. The van der Waals surface area contributed by atoms with E-state index in [1.165, 1.54) is 0 Å². The predicted molar refractivity (Wildman–Crippen MR) is 49.4 cm³/mol. The Hall–Kier alpha value is -0.740. The highest BCUT2D eigenvalue weighted by Crippen LogP contribution is 2.25. The molecule has 4 heteroatoms. The summed E-state index contributed by atoms with van der Waals surface area (Å²) in [6.45, 7) is 4.13. The van der Waals surface area contributed by atoms with Gasteiger partial charge in [0.15, 0.2) is 0 Å². The van der Waals surface area contributed by atoms with Crippen molar-refractivity contribution in [2.24, 2.45) is 11.8 Å². The maximum absolute atomic E-state index is 11.0. The molecule has 4 nitrogen and oxygen atoms in total. The fraction of sp³-hybridized carbons (Fsp3) is 0.778. The van der Waals surface area contributed by atoms with Crippen molar-refractivity contribution < 1.29 is 20.5 Å². The van der Waals surface area contributed by atoms with Gasteiger partial charge in [-0.1, -0.05) is 13.8 Å². The first-order valence-corrected chi connectivity index (χ1v) is 4.13. The Morgan fingerprint density at radius 2 is 1.46 bits per heavy atom. The van der Waals surface area contributed by atoms with Gasteiger partial charge in [-0.2, -0.15) is 0 Å². The fourth-order valence-electron chi connectivity index (χ4n) is 1.49. The van der Waals surface area contributed by atoms with Gasteiger partial charge in [-0.25, -0.2) is 0 Å². The smallest absolute Gasteiger partial charge is 0.140 e. The average molecular weight is 190 g/mol. The third-order valence-corrected chi connectivity index (χ3v) is 2.32. The van der Waals surface area contributed by atoms with Crippen LogP contribution in [0.3, 0.4) is 0 Å². The summed E-state index contributed by atoms with van der Waals surface area (Å²) in [5.74, 6) is 1.02. The number of hydrogen-bond donors (Lipinski definition) is 0. The maximum Gasteiger partial charge on any atom is 0.140 e. The van der Waals surface area contributed by atoms with Gasteiger partial charge in [-0.15, -0.1) is 0 Å². The Labute approximate surface area is 77.9 Å². The van der Waals surface area contributed by atoms with E-state index in [9.17, 15) is 9.59 Å². The van der Waals surface area contributed by atoms with Crippen LogP contribution in [-0.2, 0) is 9.59 Å². The SMILES string of the molecule is CC(C)C1CC(=O)CC(=O)C1.O.O. The highest BCUT2D eigenvalue weighted by atomic mass is 16.1. The third kappa shape index (κ3) is 4.15. The molecule has 0 amide bonds. The molecule has 0 radical (unpaired) electrons. The van der Waals surface area contributed by atoms with E-state index in [1.54, 1.807) is 0 Å². The molecule has 0 heterocycles. The summed E-state index contributed by atoms with van der Waals surface area (Å²) >= 11 is 0. The van der Waals surface area contributed by atoms with Gasteiger partial charge in [0.1, 0.15) is 11.6 Å². The zero-order chi connectivity index (χ0) is 8.43. The second-order valence-electron chi connectivity index (χ2n) is 3.67. The lowest BCUT2D eigenvalue weighted by molar-refractivity contribution is -0.131. The molecule has 0 unspecified atom stereocenters. The Bertz CT molecular complexity index is 170. The molecule has 0 bridgehead atoms. The predicted octanol–water partition coefficient (Wildman–Crippen LogP) is -0.0687. The van der Waals surface area contributed by atoms with Gasteiger partial charge in [0.05, 0.1) is 6.42 Å². The molecule has 0 spiro atoms. The molecule has 1 saturated carbocycles. The number of hydrogen-bond acceptors (Lipinski definition) is 2. The van der Waals surface area contributed by atoms with Gasteiger partial charge in [0, 0.05) is 12.8 Å². The highest BCUT2D eigenvalue weighted by Gasteiger charge is 2.26. The summed E-state index contributed by atoms with van der Waals surface area (Å²) in [4.78, 5) is 21.9. The van der Waals surface area contributed by atoms with E-state index in [2.05, 4.69) is 13.8 Å². The van der Waals surface area contributed by atoms with Crippen LogP contribution >= 0.6 is 0 Å². The van der Waals surface area contributed by atoms with Crippen LogP contribution in [0.15, 0.2) is 0 Å². The third-order valence-electron chi connectivity index (χ3n) is 2.32. The number of carbonyl (C=O) groups is 2. The largest absolute Gasteiger partial charge is 0.412 e. The van der Waals surface area contributed by atoms with Crippen LogP contribution in [-0.4, -0.2) is 22.5 Å². The van der Waals surface area contributed by atoms with Crippen LogP contribution < -0.4 is 0 Å².